The molecule has 0 bridgehead atoms. The van der Waals surface area contributed by atoms with Crippen molar-refractivity contribution in [3.63, 3.8) is 0 Å². The van der Waals surface area contributed by atoms with Crippen molar-refractivity contribution in [3.05, 3.63) is 40.7 Å². The third kappa shape index (κ3) is 3.60. The number of likely N-dealkylation sites (N-methyl/N-ethyl adjacent to an activating group) is 1. The Labute approximate surface area is 99.3 Å². The summed E-state index contributed by atoms with van der Waals surface area (Å²) >= 11 is 0. The lowest BCUT2D eigenvalue weighted by atomic mass is 10.1. The third-order valence-corrected chi connectivity index (χ3v) is 2.62. The van der Waals surface area contributed by atoms with E-state index in [1.165, 1.54) is 6.08 Å². The molecule has 0 heterocycles. The number of halogens is 3. The Morgan fingerprint density at radius 1 is 1.24 bits per heavy atom. The Morgan fingerprint density at radius 3 is 2.41 bits per heavy atom. The molecule has 1 aromatic carbocycles. The molecule has 4 heteroatoms. The summed E-state index contributed by atoms with van der Waals surface area (Å²) in [5.41, 5.74) is 0.919. The predicted octanol–water partition coefficient (Wildman–Crippen LogP) is 3.51. The summed E-state index contributed by atoms with van der Waals surface area (Å²) in [6.07, 6.45) is 1.52. The first-order chi connectivity index (χ1) is 7.95. The third-order valence-electron chi connectivity index (χ3n) is 2.62. The number of rotatable bonds is 4. The van der Waals surface area contributed by atoms with Crippen LogP contribution in [0.2, 0.25) is 0 Å². The zero-order chi connectivity index (χ0) is 13.0. The fourth-order valence-electron chi connectivity index (χ4n) is 1.49. The van der Waals surface area contributed by atoms with Crippen LogP contribution < -0.4 is 5.32 Å². The molecule has 0 aromatic heterocycles. The van der Waals surface area contributed by atoms with E-state index in [0.717, 1.165) is 18.2 Å². The van der Waals surface area contributed by atoms with E-state index >= 15 is 0 Å². The molecular weight excluding hydrogens is 227 g/mol. The summed E-state index contributed by atoms with van der Waals surface area (Å²) in [5, 5.41) is 3.15. The van der Waals surface area contributed by atoms with Gasteiger partial charge in [-0.05, 0) is 26.5 Å². The van der Waals surface area contributed by atoms with E-state index in [1.54, 1.807) is 0 Å². The first-order valence-corrected chi connectivity index (χ1v) is 5.51. The lowest BCUT2D eigenvalue weighted by molar-refractivity contribution is 0.494. The Balaban J connectivity index is 3.01. The molecule has 1 nitrogen and oxygen atoms in total. The highest BCUT2D eigenvalue weighted by atomic mass is 19.2. The summed E-state index contributed by atoms with van der Waals surface area (Å²) in [4.78, 5) is 0. The largest absolute Gasteiger partial charge is 0.311 e. The van der Waals surface area contributed by atoms with Crippen LogP contribution in [-0.2, 0) is 0 Å². The topological polar surface area (TPSA) is 12.0 Å². The smallest absolute Gasteiger partial charge is 0.161 e. The van der Waals surface area contributed by atoms with Gasteiger partial charge >= 0.3 is 0 Å². The normalized spacial score (nSPS) is 13.9. The molecule has 0 fully saturated rings. The van der Waals surface area contributed by atoms with E-state index in [0.29, 0.717) is 6.07 Å². The highest BCUT2D eigenvalue weighted by Gasteiger charge is 2.09. The molecule has 0 aliphatic carbocycles. The van der Waals surface area contributed by atoms with Gasteiger partial charge in [0.1, 0.15) is 5.82 Å². The highest BCUT2D eigenvalue weighted by Crippen LogP contribution is 2.17. The molecule has 0 saturated carbocycles. The van der Waals surface area contributed by atoms with Gasteiger partial charge in [0, 0.05) is 17.7 Å². The monoisotopic (exact) mass is 243 g/mol. The quantitative estimate of drug-likeness (QED) is 0.798. The zero-order valence-corrected chi connectivity index (χ0v) is 10.2. The van der Waals surface area contributed by atoms with Crippen molar-refractivity contribution in [1.29, 1.82) is 0 Å². The number of benzene rings is 1. The van der Waals surface area contributed by atoms with Crippen LogP contribution in [-0.4, -0.2) is 12.6 Å². The van der Waals surface area contributed by atoms with Crippen molar-refractivity contribution in [2.75, 3.05) is 6.54 Å². The van der Waals surface area contributed by atoms with Gasteiger partial charge in [0.15, 0.2) is 11.6 Å². The minimum atomic E-state index is -1.17. The average Bonchev–Trinajstić information content (AvgIpc) is 2.26. The van der Waals surface area contributed by atoms with E-state index in [9.17, 15) is 13.2 Å². The van der Waals surface area contributed by atoms with Gasteiger partial charge in [0.2, 0.25) is 0 Å². The van der Waals surface area contributed by atoms with Gasteiger partial charge < -0.3 is 5.32 Å². The first-order valence-electron chi connectivity index (χ1n) is 5.51. The van der Waals surface area contributed by atoms with Crippen LogP contribution in [0, 0.1) is 17.5 Å². The van der Waals surface area contributed by atoms with Crippen LogP contribution in [0.15, 0.2) is 17.7 Å². The van der Waals surface area contributed by atoms with E-state index in [-0.39, 0.29) is 11.6 Å². The van der Waals surface area contributed by atoms with Gasteiger partial charge in [-0.25, -0.2) is 13.2 Å². The highest BCUT2D eigenvalue weighted by molar-refractivity contribution is 5.54. The van der Waals surface area contributed by atoms with Gasteiger partial charge in [-0.3, -0.25) is 0 Å². The SMILES string of the molecule is CCNC(C)/C(C)=C/c1cc(F)c(F)cc1F. The predicted molar refractivity (Wildman–Crippen MR) is 63.1 cm³/mol. The molecule has 0 radical (unpaired) electrons. The number of hydrogen-bond acceptors (Lipinski definition) is 1. The molecule has 0 amide bonds. The summed E-state index contributed by atoms with van der Waals surface area (Å²) < 4.78 is 39.1. The second-order valence-electron chi connectivity index (χ2n) is 3.96. The second-order valence-corrected chi connectivity index (χ2v) is 3.96. The molecule has 17 heavy (non-hydrogen) atoms. The van der Waals surface area contributed by atoms with Crippen LogP contribution >= 0.6 is 0 Å². The average molecular weight is 243 g/mol. The first kappa shape index (κ1) is 13.8. The van der Waals surface area contributed by atoms with Gasteiger partial charge in [-0.15, -0.1) is 0 Å². The minimum Gasteiger partial charge on any atom is -0.311 e. The van der Waals surface area contributed by atoms with Crippen molar-refractivity contribution >= 4 is 6.08 Å². The maximum absolute atomic E-state index is 13.4. The van der Waals surface area contributed by atoms with Gasteiger partial charge in [0.25, 0.3) is 0 Å². The molecule has 1 N–H and O–H groups in total. The van der Waals surface area contributed by atoms with Crippen molar-refractivity contribution < 1.29 is 13.2 Å². The Bertz CT molecular complexity index is 427. The van der Waals surface area contributed by atoms with Crippen molar-refractivity contribution in [2.45, 2.75) is 26.8 Å². The Kier molecular flexibility index (Phi) is 4.75. The summed E-state index contributed by atoms with van der Waals surface area (Å²) in [6.45, 7) is 6.48. The summed E-state index contributed by atoms with van der Waals surface area (Å²) in [5.74, 6) is -2.97. The Hall–Kier alpha value is -1.29. The van der Waals surface area contributed by atoms with Gasteiger partial charge in [-0.1, -0.05) is 18.6 Å². The van der Waals surface area contributed by atoms with Gasteiger partial charge in [-0.2, -0.15) is 0 Å². The van der Waals surface area contributed by atoms with Crippen molar-refractivity contribution in [3.8, 4) is 0 Å². The molecule has 0 spiro atoms. The fourth-order valence-corrected chi connectivity index (χ4v) is 1.49. The molecular formula is C13H16F3N. The molecule has 0 aliphatic rings. The molecule has 0 aliphatic heterocycles. The van der Waals surface area contributed by atoms with E-state index in [4.69, 9.17) is 0 Å². The van der Waals surface area contributed by atoms with Crippen molar-refractivity contribution in [1.82, 2.24) is 5.32 Å². The van der Waals surface area contributed by atoms with Crippen LogP contribution in [0.4, 0.5) is 13.2 Å². The molecule has 1 rings (SSSR count). The van der Waals surface area contributed by atoms with E-state index in [2.05, 4.69) is 5.32 Å². The van der Waals surface area contributed by atoms with Crippen LogP contribution in [0.1, 0.15) is 26.3 Å². The van der Waals surface area contributed by atoms with Gasteiger partial charge in [0.05, 0.1) is 0 Å². The number of nitrogens with one attached hydrogen (secondary N) is 1. The maximum Gasteiger partial charge on any atom is 0.161 e. The van der Waals surface area contributed by atoms with E-state index < -0.39 is 17.5 Å². The summed E-state index contributed by atoms with van der Waals surface area (Å²) in [6, 6.07) is 1.49. The lowest BCUT2D eigenvalue weighted by Crippen LogP contribution is -2.26. The van der Waals surface area contributed by atoms with Crippen LogP contribution in [0.5, 0.6) is 0 Å². The fraction of sp³-hybridized carbons (Fsp3) is 0.385. The van der Waals surface area contributed by atoms with E-state index in [1.807, 2.05) is 20.8 Å². The standard InChI is InChI=1S/C13H16F3N/c1-4-17-9(3)8(2)5-10-6-12(15)13(16)7-11(10)14/h5-7,9,17H,4H2,1-3H3/b8-5+. The maximum atomic E-state index is 13.4. The second kappa shape index (κ2) is 5.87. The summed E-state index contributed by atoms with van der Waals surface area (Å²) in [7, 11) is 0. The lowest BCUT2D eigenvalue weighted by Gasteiger charge is -2.13. The van der Waals surface area contributed by atoms with Crippen LogP contribution in [0.25, 0.3) is 6.08 Å². The molecule has 1 unspecified atom stereocenters. The molecule has 1 aromatic rings. The van der Waals surface area contributed by atoms with Crippen molar-refractivity contribution in [2.24, 2.45) is 0 Å². The zero-order valence-electron chi connectivity index (χ0n) is 10.2. The van der Waals surface area contributed by atoms with Crippen LogP contribution in [0.3, 0.4) is 0 Å². The molecule has 94 valence electrons. The molecule has 0 saturated heterocycles. The number of hydrogen-bond donors (Lipinski definition) is 1. The minimum absolute atomic E-state index is 0.0613. The Morgan fingerprint density at radius 2 is 1.82 bits per heavy atom. The molecule has 1 atom stereocenters.